The second-order valence-corrected chi connectivity index (χ2v) is 5.64. The highest BCUT2D eigenvalue weighted by Gasteiger charge is 2.23. The molecule has 1 saturated heterocycles. The molecule has 2 aromatic carbocycles. The van der Waals surface area contributed by atoms with Gasteiger partial charge in [0.2, 0.25) is 0 Å². The third-order valence-corrected chi connectivity index (χ3v) is 4.25. The summed E-state index contributed by atoms with van der Waals surface area (Å²) in [4.78, 5) is 0. The highest BCUT2D eigenvalue weighted by Crippen LogP contribution is 2.22. The van der Waals surface area contributed by atoms with Crippen LogP contribution in [0.3, 0.4) is 0 Å². The quantitative estimate of drug-likeness (QED) is 0.663. The predicted molar refractivity (Wildman–Crippen MR) is 82.3 cm³/mol. The Morgan fingerprint density at radius 1 is 1.20 bits per heavy atom. The van der Waals surface area contributed by atoms with E-state index in [1.165, 1.54) is 22.8 Å². The second kappa shape index (κ2) is 6.35. The number of benzene rings is 2. The molecule has 0 saturated carbocycles. The fourth-order valence-corrected chi connectivity index (χ4v) is 3.06. The molecule has 1 aliphatic heterocycles. The first-order valence-corrected chi connectivity index (χ1v) is 7.38. The second-order valence-electron chi connectivity index (χ2n) is 5.64. The Bertz CT molecular complexity index is 564. The van der Waals surface area contributed by atoms with Crippen LogP contribution in [0.1, 0.15) is 18.4 Å². The molecule has 3 N–H and O–H groups in total. The van der Waals surface area contributed by atoms with Crippen molar-refractivity contribution in [1.82, 2.24) is 5.43 Å². The lowest BCUT2D eigenvalue weighted by molar-refractivity contribution is 0.0393. The molecule has 1 aliphatic rings. The first kappa shape index (κ1) is 13.6. The van der Waals surface area contributed by atoms with Gasteiger partial charge in [0.1, 0.15) is 0 Å². The summed E-state index contributed by atoms with van der Waals surface area (Å²) in [6.07, 6.45) is 3.29. The largest absolute Gasteiger partial charge is 0.381 e. The first-order valence-electron chi connectivity index (χ1n) is 7.38. The lowest BCUT2D eigenvalue weighted by Gasteiger charge is -2.29. The fourth-order valence-electron chi connectivity index (χ4n) is 3.06. The van der Waals surface area contributed by atoms with Crippen molar-refractivity contribution in [3.8, 4) is 0 Å². The molecule has 0 aromatic heterocycles. The first-order chi connectivity index (χ1) is 9.86. The molecule has 106 valence electrons. The molecular formula is C17H22N2O. The van der Waals surface area contributed by atoms with Gasteiger partial charge in [0, 0.05) is 12.6 Å². The van der Waals surface area contributed by atoms with E-state index in [4.69, 9.17) is 10.6 Å². The molecule has 3 rings (SSSR count). The zero-order chi connectivity index (χ0) is 13.8. The summed E-state index contributed by atoms with van der Waals surface area (Å²) in [5.41, 5.74) is 4.32. The average molecular weight is 270 g/mol. The number of nitrogens with one attached hydrogen (secondary N) is 1. The number of nitrogens with two attached hydrogens (primary N) is 1. The maximum atomic E-state index is 5.76. The van der Waals surface area contributed by atoms with Crippen LogP contribution in [0.4, 0.5) is 0 Å². The molecule has 1 heterocycles. The van der Waals surface area contributed by atoms with E-state index in [0.717, 1.165) is 26.1 Å². The summed E-state index contributed by atoms with van der Waals surface area (Å²) in [5, 5.41) is 2.58. The summed E-state index contributed by atoms with van der Waals surface area (Å²) in [6.45, 7) is 1.71. The van der Waals surface area contributed by atoms with Crippen molar-refractivity contribution in [2.75, 3.05) is 13.2 Å². The van der Waals surface area contributed by atoms with Crippen LogP contribution in [0.2, 0.25) is 0 Å². The Labute approximate surface area is 120 Å². The van der Waals surface area contributed by atoms with E-state index in [0.29, 0.717) is 5.92 Å². The van der Waals surface area contributed by atoms with Crippen LogP contribution in [-0.2, 0) is 11.2 Å². The summed E-state index contributed by atoms with van der Waals surface area (Å²) < 4.78 is 5.58. The minimum absolute atomic E-state index is 0.288. The van der Waals surface area contributed by atoms with Crippen LogP contribution in [0.5, 0.6) is 0 Å². The van der Waals surface area contributed by atoms with Gasteiger partial charge in [-0.15, -0.1) is 0 Å². The van der Waals surface area contributed by atoms with E-state index >= 15 is 0 Å². The summed E-state index contributed by atoms with van der Waals surface area (Å²) >= 11 is 0. The summed E-state index contributed by atoms with van der Waals surface area (Å²) in [6, 6.07) is 15.4. The van der Waals surface area contributed by atoms with Gasteiger partial charge in [-0.05, 0) is 41.5 Å². The van der Waals surface area contributed by atoms with Gasteiger partial charge in [0.15, 0.2) is 0 Å². The molecule has 0 amide bonds. The maximum absolute atomic E-state index is 5.76. The summed E-state index contributed by atoms with van der Waals surface area (Å²) in [7, 11) is 0. The van der Waals surface area contributed by atoms with Crippen molar-refractivity contribution in [3.63, 3.8) is 0 Å². The predicted octanol–water partition coefficient (Wildman–Crippen LogP) is 2.64. The molecule has 0 bridgehead atoms. The fraction of sp³-hybridized carbons (Fsp3) is 0.412. The molecule has 1 fully saturated rings. The van der Waals surface area contributed by atoms with Crippen molar-refractivity contribution in [2.45, 2.75) is 25.3 Å². The number of hydrogen-bond acceptors (Lipinski definition) is 3. The smallest absolute Gasteiger partial charge is 0.0509 e. The van der Waals surface area contributed by atoms with Crippen molar-refractivity contribution in [3.05, 3.63) is 48.0 Å². The van der Waals surface area contributed by atoms with Crippen molar-refractivity contribution < 1.29 is 4.74 Å². The molecule has 2 unspecified atom stereocenters. The number of rotatable bonds is 4. The number of hydrazine groups is 1. The zero-order valence-electron chi connectivity index (χ0n) is 11.7. The maximum Gasteiger partial charge on any atom is 0.0509 e. The summed E-state index contributed by atoms with van der Waals surface area (Å²) in [5.74, 6) is 6.27. The van der Waals surface area contributed by atoms with E-state index in [2.05, 4.69) is 47.9 Å². The third kappa shape index (κ3) is 3.01. The van der Waals surface area contributed by atoms with E-state index in [1.807, 2.05) is 0 Å². The van der Waals surface area contributed by atoms with Crippen LogP contribution < -0.4 is 11.3 Å². The minimum atomic E-state index is 0.288. The van der Waals surface area contributed by atoms with Crippen LogP contribution in [0, 0.1) is 5.92 Å². The molecule has 0 spiro atoms. The number of fused-ring (bicyclic) bond motifs is 1. The number of hydrogen-bond donors (Lipinski definition) is 2. The lowest BCUT2D eigenvalue weighted by atomic mass is 9.89. The van der Waals surface area contributed by atoms with Gasteiger partial charge in [-0.25, -0.2) is 0 Å². The molecule has 2 atom stereocenters. The highest BCUT2D eigenvalue weighted by atomic mass is 16.5. The minimum Gasteiger partial charge on any atom is -0.381 e. The Balaban J connectivity index is 1.76. The van der Waals surface area contributed by atoms with Crippen LogP contribution in [0.15, 0.2) is 42.5 Å². The van der Waals surface area contributed by atoms with Gasteiger partial charge >= 0.3 is 0 Å². The Hall–Kier alpha value is -1.42. The number of ether oxygens (including phenoxy) is 1. The lowest BCUT2D eigenvalue weighted by Crippen LogP contribution is -2.45. The molecule has 20 heavy (non-hydrogen) atoms. The normalized spacial score (nSPS) is 20.9. The Kier molecular flexibility index (Phi) is 4.31. The molecule has 3 heteroatoms. The third-order valence-electron chi connectivity index (χ3n) is 4.25. The van der Waals surface area contributed by atoms with Gasteiger partial charge in [0.05, 0.1) is 6.61 Å². The van der Waals surface area contributed by atoms with Crippen molar-refractivity contribution in [2.24, 2.45) is 11.8 Å². The zero-order valence-corrected chi connectivity index (χ0v) is 11.7. The SMILES string of the molecule is NNC(Cc1ccc2ccccc2c1)C1CCCOC1. The molecule has 0 aliphatic carbocycles. The van der Waals surface area contributed by atoms with Crippen molar-refractivity contribution in [1.29, 1.82) is 0 Å². The molecular weight excluding hydrogens is 248 g/mol. The van der Waals surface area contributed by atoms with Crippen LogP contribution in [-0.4, -0.2) is 19.3 Å². The monoisotopic (exact) mass is 270 g/mol. The van der Waals surface area contributed by atoms with Gasteiger partial charge < -0.3 is 4.74 Å². The van der Waals surface area contributed by atoms with Gasteiger partial charge in [-0.3, -0.25) is 11.3 Å². The van der Waals surface area contributed by atoms with Crippen LogP contribution in [0.25, 0.3) is 10.8 Å². The average Bonchev–Trinajstić information content (AvgIpc) is 2.53. The highest BCUT2D eigenvalue weighted by molar-refractivity contribution is 5.82. The van der Waals surface area contributed by atoms with E-state index in [1.54, 1.807) is 0 Å². The molecule has 0 radical (unpaired) electrons. The van der Waals surface area contributed by atoms with Gasteiger partial charge in [-0.1, -0.05) is 42.5 Å². The van der Waals surface area contributed by atoms with Gasteiger partial charge in [-0.2, -0.15) is 0 Å². The standard InChI is InChI=1S/C17H22N2O/c18-19-17(16-6-3-9-20-12-16)11-13-7-8-14-4-1-2-5-15(14)10-13/h1-2,4-5,7-8,10,16-17,19H,3,6,9,11-12,18H2. The Morgan fingerprint density at radius 3 is 2.80 bits per heavy atom. The van der Waals surface area contributed by atoms with Crippen molar-refractivity contribution >= 4 is 10.8 Å². The topological polar surface area (TPSA) is 47.3 Å². The van der Waals surface area contributed by atoms with Gasteiger partial charge in [0.25, 0.3) is 0 Å². The molecule has 3 nitrogen and oxygen atoms in total. The van der Waals surface area contributed by atoms with Crippen LogP contribution >= 0.6 is 0 Å². The Morgan fingerprint density at radius 2 is 2.05 bits per heavy atom. The molecule has 2 aromatic rings. The van der Waals surface area contributed by atoms with E-state index < -0.39 is 0 Å². The van der Waals surface area contributed by atoms with E-state index in [-0.39, 0.29) is 6.04 Å². The van der Waals surface area contributed by atoms with E-state index in [9.17, 15) is 0 Å².